The molecule has 1 aromatic heterocycles. The molecule has 1 saturated carbocycles. The summed E-state index contributed by atoms with van der Waals surface area (Å²) < 4.78 is 5.72. The van der Waals surface area contributed by atoms with Crippen molar-refractivity contribution >= 4 is 5.91 Å². The molecule has 1 aromatic rings. The maximum Gasteiger partial charge on any atom is 0.325 e. The molecule has 1 amide bonds. The highest BCUT2D eigenvalue weighted by atomic mass is 16.5. The molecule has 2 heterocycles. The van der Waals surface area contributed by atoms with Crippen LogP contribution in [0.4, 0.5) is 0 Å². The molecule has 24 heavy (non-hydrogen) atoms. The van der Waals surface area contributed by atoms with Crippen LogP contribution < -0.4 is 11.2 Å². The minimum absolute atomic E-state index is 0.0451. The largest absolute Gasteiger partial charge is 0.392 e. The second-order valence-corrected chi connectivity index (χ2v) is 6.58. The molecule has 8 heteroatoms. The van der Waals surface area contributed by atoms with Crippen LogP contribution in [0.25, 0.3) is 0 Å². The lowest BCUT2D eigenvalue weighted by Crippen LogP contribution is -2.62. The molecule has 1 saturated heterocycles. The molecular formula is C16H23N3O5. The predicted molar refractivity (Wildman–Crippen MR) is 85.7 cm³/mol. The Kier molecular flexibility index (Phi) is 4.60. The number of likely N-dealkylation sites (tertiary alicyclic amines) is 1. The Labute approximate surface area is 138 Å². The number of rotatable bonds is 4. The monoisotopic (exact) mass is 337 g/mol. The van der Waals surface area contributed by atoms with E-state index in [1.54, 1.807) is 4.90 Å². The molecule has 8 nitrogen and oxygen atoms in total. The number of aliphatic hydroxyl groups is 1. The van der Waals surface area contributed by atoms with E-state index in [4.69, 9.17) is 4.74 Å². The Bertz CT molecular complexity index is 715. The second-order valence-electron chi connectivity index (χ2n) is 6.58. The van der Waals surface area contributed by atoms with Crippen LogP contribution in [0.2, 0.25) is 0 Å². The summed E-state index contributed by atoms with van der Waals surface area (Å²) in [5.41, 5.74) is -1.11. The Morgan fingerprint density at radius 2 is 2.12 bits per heavy atom. The van der Waals surface area contributed by atoms with Crippen molar-refractivity contribution in [3.63, 3.8) is 0 Å². The second kappa shape index (κ2) is 6.52. The number of carbonyl (C=O) groups is 1. The van der Waals surface area contributed by atoms with Crippen LogP contribution in [0.5, 0.6) is 0 Å². The van der Waals surface area contributed by atoms with E-state index >= 15 is 0 Å². The van der Waals surface area contributed by atoms with Gasteiger partial charge in [0, 0.05) is 43.3 Å². The van der Waals surface area contributed by atoms with Crippen LogP contribution in [0, 0.1) is 5.41 Å². The minimum Gasteiger partial charge on any atom is -0.392 e. The molecule has 0 unspecified atom stereocenters. The Morgan fingerprint density at radius 3 is 2.71 bits per heavy atom. The number of H-pyrrole nitrogens is 2. The highest BCUT2D eigenvalue weighted by Gasteiger charge is 2.56. The van der Waals surface area contributed by atoms with E-state index < -0.39 is 11.2 Å². The fourth-order valence-electron chi connectivity index (χ4n) is 3.83. The van der Waals surface area contributed by atoms with Gasteiger partial charge in [-0.1, -0.05) is 0 Å². The highest BCUT2D eigenvalue weighted by Crippen LogP contribution is 2.50. The molecule has 1 aliphatic heterocycles. The topological polar surface area (TPSA) is 115 Å². The zero-order valence-corrected chi connectivity index (χ0v) is 13.7. The Balaban J connectivity index is 1.61. The summed E-state index contributed by atoms with van der Waals surface area (Å²) in [6.07, 6.45) is 3.00. The van der Waals surface area contributed by atoms with Crippen LogP contribution >= 0.6 is 0 Å². The first kappa shape index (κ1) is 16.9. The van der Waals surface area contributed by atoms with Gasteiger partial charge in [-0.25, -0.2) is 4.79 Å². The molecule has 0 radical (unpaired) electrons. The van der Waals surface area contributed by atoms with Gasteiger partial charge >= 0.3 is 5.69 Å². The van der Waals surface area contributed by atoms with E-state index in [1.807, 2.05) is 6.92 Å². The van der Waals surface area contributed by atoms with Crippen molar-refractivity contribution in [2.75, 3.05) is 19.7 Å². The van der Waals surface area contributed by atoms with E-state index in [-0.39, 0.29) is 35.5 Å². The summed E-state index contributed by atoms with van der Waals surface area (Å²) in [5.74, 6) is -0.149. The van der Waals surface area contributed by atoms with Crippen LogP contribution in [-0.4, -0.2) is 57.8 Å². The average Bonchev–Trinajstić information content (AvgIpc) is 2.57. The van der Waals surface area contributed by atoms with Crippen molar-refractivity contribution in [3.05, 3.63) is 32.6 Å². The molecule has 2 atom stereocenters. The number of hydrogen-bond donors (Lipinski definition) is 3. The van der Waals surface area contributed by atoms with Crippen molar-refractivity contribution in [3.8, 4) is 0 Å². The van der Waals surface area contributed by atoms with Gasteiger partial charge in [-0.05, 0) is 19.8 Å². The van der Waals surface area contributed by atoms with Gasteiger partial charge in [0.25, 0.3) is 5.56 Å². The molecule has 1 spiro atoms. The summed E-state index contributed by atoms with van der Waals surface area (Å²) in [6, 6.07) is 0. The van der Waals surface area contributed by atoms with Crippen LogP contribution in [0.15, 0.2) is 15.8 Å². The first-order valence-electron chi connectivity index (χ1n) is 8.34. The number of carbonyl (C=O) groups excluding carboxylic acids is 1. The van der Waals surface area contributed by atoms with Gasteiger partial charge in [-0.3, -0.25) is 14.6 Å². The predicted octanol–water partition coefficient (Wildman–Crippen LogP) is -0.616. The number of aromatic nitrogens is 2. The number of ether oxygens (including phenoxy) is 1. The van der Waals surface area contributed by atoms with E-state index in [9.17, 15) is 19.5 Å². The number of nitrogens with zero attached hydrogens (tertiary/aromatic N) is 1. The average molecular weight is 337 g/mol. The summed E-state index contributed by atoms with van der Waals surface area (Å²) in [7, 11) is 0. The maximum absolute atomic E-state index is 12.4. The van der Waals surface area contributed by atoms with Crippen LogP contribution in [-0.2, 0) is 16.0 Å². The fraction of sp³-hybridized carbons (Fsp3) is 0.688. The summed E-state index contributed by atoms with van der Waals surface area (Å²) in [5, 5.41) is 10.2. The zero-order valence-electron chi connectivity index (χ0n) is 13.7. The molecule has 3 N–H and O–H groups in total. The van der Waals surface area contributed by atoms with E-state index in [2.05, 4.69) is 9.97 Å². The lowest BCUT2D eigenvalue weighted by molar-refractivity contribution is -0.210. The van der Waals surface area contributed by atoms with E-state index in [1.165, 1.54) is 6.20 Å². The third-order valence-electron chi connectivity index (χ3n) is 5.39. The van der Waals surface area contributed by atoms with Gasteiger partial charge in [0.15, 0.2) is 0 Å². The third-order valence-corrected chi connectivity index (χ3v) is 5.39. The van der Waals surface area contributed by atoms with Gasteiger partial charge in [0.2, 0.25) is 5.91 Å². The Hall–Kier alpha value is -1.93. The molecule has 2 aliphatic rings. The first-order chi connectivity index (χ1) is 11.5. The SMILES string of the molecule is CCO[C@@H]1C[C@H](O)C12CCN(C(=O)Cc1c[nH]c(=O)[nH]c1=O)CC2. The van der Waals surface area contributed by atoms with E-state index in [0.29, 0.717) is 39.0 Å². The van der Waals surface area contributed by atoms with Crippen LogP contribution in [0.3, 0.4) is 0 Å². The lowest BCUT2D eigenvalue weighted by Gasteiger charge is -2.56. The summed E-state index contributed by atoms with van der Waals surface area (Å²) in [6.45, 7) is 3.65. The maximum atomic E-state index is 12.4. The van der Waals surface area contributed by atoms with Gasteiger partial charge < -0.3 is 19.7 Å². The number of hydrogen-bond acceptors (Lipinski definition) is 5. The lowest BCUT2D eigenvalue weighted by atomic mass is 9.58. The number of piperidine rings is 1. The van der Waals surface area contributed by atoms with Crippen molar-refractivity contribution in [1.29, 1.82) is 0 Å². The standard InChI is InChI=1S/C16H23N3O5/c1-2-24-12-8-11(20)16(12)3-5-19(6-4-16)13(21)7-10-9-17-15(23)18-14(10)22/h9,11-12,20H,2-8H2,1H3,(H2,17,18,22,23)/t11-,12+/m0/s1. The van der Waals surface area contributed by atoms with Gasteiger partial charge in [-0.15, -0.1) is 0 Å². The first-order valence-corrected chi connectivity index (χ1v) is 8.34. The number of nitrogens with one attached hydrogen (secondary N) is 2. The van der Waals surface area contributed by atoms with Gasteiger partial charge in [-0.2, -0.15) is 0 Å². The molecule has 0 aromatic carbocycles. The molecule has 2 fully saturated rings. The molecule has 132 valence electrons. The quantitative estimate of drug-likeness (QED) is 0.677. The van der Waals surface area contributed by atoms with Gasteiger partial charge in [0.1, 0.15) is 0 Å². The normalized spacial score (nSPS) is 25.5. The number of aromatic amines is 2. The Morgan fingerprint density at radius 1 is 1.42 bits per heavy atom. The van der Waals surface area contributed by atoms with Crippen molar-refractivity contribution < 1.29 is 14.6 Å². The van der Waals surface area contributed by atoms with Crippen molar-refractivity contribution in [1.82, 2.24) is 14.9 Å². The molecular weight excluding hydrogens is 314 g/mol. The highest BCUT2D eigenvalue weighted by molar-refractivity contribution is 5.78. The van der Waals surface area contributed by atoms with Crippen molar-refractivity contribution in [2.45, 2.75) is 44.8 Å². The molecule has 1 aliphatic carbocycles. The number of amides is 1. The molecule has 3 rings (SSSR count). The minimum atomic E-state index is -0.586. The third kappa shape index (κ3) is 2.91. The summed E-state index contributed by atoms with van der Waals surface area (Å²) >= 11 is 0. The van der Waals surface area contributed by atoms with E-state index in [0.717, 1.165) is 0 Å². The smallest absolute Gasteiger partial charge is 0.325 e. The summed E-state index contributed by atoms with van der Waals surface area (Å²) in [4.78, 5) is 41.3. The van der Waals surface area contributed by atoms with Gasteiger partial charge in [0.05, 0.1) is 18.6 Å². The van der Waals surface area contributed by atoms with Crippen molar-refractivity contribution in [2.24, 2.45) is 5.41 Å². The molecule has 0 bridgehead atoms. The fourth-order valence-corrected chi connectivity index (χ4v) is 3.83. The van der Waals surface area contributed by atoms with Crippen LogP contribution in [0.1, 0.15) is 31.7 Å². The number of aliphatic hydroxyl groups excluding tert-OH is 1. The zero-order chi connectivity index (χ0) is 17.3.